The number of hydrogen-bond acceptors (Lipinski definition) is 1. The van der Waals surface area contributed by atoms with Crippen LogP contribution in [0.5, 0.6) is 0 Å². The minimum Gasteiger partial charge on any atom is -0.220 e. The molecular weight excluding hydrogens is 548 g/mol. The van der Waals surface area contributed by atoms with Crippen LogP contribution in [0.25, 0.3) is 45.1 Å². The fourth-order valence-corrected chi connectivity index (χ4v) is 7.41. The van der Waals surface area contributed by atoms with Gasteiger partial charge in [0, 0.05) is 16.0 Å². The fourth-order valence-electron chi connectivity index (χ4n) is 7.41. The lowest BCUT2D eigenvalue weighted by atomic mass is 9.67. The lowest BCUT2D eigenvalue weighted by Crippen LogP contribution is -2.36. The molecule has 212 valence electrons. The largest absolute Gasteiger partial charge is 0.394 e. The zero-order chi connectivity index (χ0) is 29.8. The molecule has 4 nitrogen and oxygen atoms in total. The molecule has 0 saturated heterocycles. The van der Waals surface area contributed by atoms with Crippen LogP contribution in [0, 0.1) is 0 Å². The molecule has 0 fully saturated rings. The van der Waals surface area contributed by atoms with Gasteiger partial charge in [0.05, 0.1) is 17.3 Å². The van der Waals surface area contributed by atoms with Gasteiger partial charge in [0.1, 0.15) is 5.52 Å². The highest BCUT2D eigenvalue weighted by atomic mass is 15.4. The Morgan fingerprint density at radius 2 is 1.16 bits per heavy atom. The molecule has 0 atom stereocenters. The highest BCUT2D eigenvalue weighted by Gasteiger charge is 2.46. The fraction of sp³-hybridized carbons (Fsp3) is 0.0244. The van der Waals surface area contributed by atoms with Crippen molar-refractivity contribution in [2.75, 3.05) is 0 Å². The maximum Gasteiger partial charge on any atom is 0.394 e. The summed E-state index contributed by atoms with van der Waals surface area (Å²) in [6.07, 6.45) is 2.16. The standard InChI is InChI=1S/C41H28N4/c1-5-15-29(16-6-1)39-42-43-40(45(39)32-21-11-4-12-22-32)44-28-27-34-37(44)26-25-36-38(34)33-23-13-14-24-35(33)41(36,30-17-7-2-8-18-30)31-19-9-3-10-20-31/h1-28H/p+1. The second kappa shape index (κ2) is 10.0. The molecule has 0 bridgehead atoms. The number of hydrogen-bond donors (Lipinski definition) is 1. The van der Waals surface area contributed by atoms with Crippen molar-refractivity contribution in [3.8, 4) is 34.2 Å². The Balaban J connectivity index is 1.33. The van der Waals surface area contributed by atoms with Crippen molar-refractivity contribution < 1.29 is 4.57 Å². The Morgan fingerprint density at radius 3 is 1.84 bits per heavy atom. The van der Waals surface area contributed by atoms with E-state index < -0.39 is 5.41 Å². The molecule has 8 aromatic rings. The Bertz CT molecular complexity index is 2260. The van der Waals surface area contributed by atoms with Gasteiger partial charge in [-0.2, -0.15) is 9.67 Å². The first kappa shape index (κ1) is 25.5. The van der Waals surface area contributed by atoms with Crippen LogP contribution < -0.4 is 4.57 Å². The van der Waals surface area contributed by atoms with Gasteiger partial charge in [-0.25, -0.2) is 4.57 Å². The molecule has 1 N–H and O–H groups in total. The monoisotopic (exact) mass is 577 g/mol. The van der Waals surface area contributed by atoms with Crippen molar-refractivity contribution >= 4 is 10.9 Å². The maximum atomic E-state index is 4.92. The number of rotatable bonds is 5. The molecule has 9 rings (SSSR count). The van der Waals surface area contributed by atoms with Gasteiger partial charge in [-0.1, -0.05) is 127 Å². The van der Waals surface area contributed by atoms with Crippen molar-refractivity contribution in [2.45, 2.75) is 5.41 Å². The molecule has 4 heteroatoms. The zero-order valence-electron chi connectivity index (χ0n) is 24.5. The van der Waals surface area contributed by atoms with E-state index in [4.69, 9.17) is 5.10 Å². The van der Waals surface area contributed by atoms with Gasteiger partial charge in [-0.3, -0.25) is 0 Å². The van der Waals surface area contributed by atoms with Gasteiger partial charge in [0.15, 0.2) is 0 Å². The Morgan fingerprint density at radius 1 is 0.556 bits per heavy atom. The lowest BCUT2D eigenvalue weighted by Gasteiger charge is -2.33. The van der Waals surface area contributed by atoms with E-state index in [1.165, 1.54) is 38.8 Å². The summed E-state index contributed by atoms with van der Waals surface area (Å²) in [6, 6.07) is 58.5. The summed E-state index contributed by atoms with van der Waals surface area (Å²) in [5.74, 6) is 1.73. The number of fused-ring (bicyclic) bond motifs is 5. The predicted octanol–water partition coefficient (Wildman–Crippen LogP) is 8.66. The van der Waals surface area contributed by atoms with Crippen molar-refractivity contribution in [1.82, 2.24) is 14.8 Å². The normalized spacial score (nSPS) is 13.1. The third-order valence-electron chi connectivity index (χ3n) is 9.25. The Hall–Kier alpha value is -6.00. The number of para-hydroxylation sites is 1. The second-order valence-electron chi connectivity index (χ2n) is 11.5. The van der Waals surface area contributed by atoms with Gasteiger partial charge in [-0.05, 0) is 69.8 Å². The van der Waals surface area contributed by atoms with E-state index >= 15 is 0 Å². The molecule has 0 radical (unpaired) electrons. The summed E-state index contributed by atoms with van der Waals surface area (Å²) < 4.78 is 4.41. The van der Waals surface area contributed by atoms with E-state index in [0.29, 0.717) is 0 Å². The van der Waals surface area contributed by atoms with Crippen molar-refractivity contribution in [1.29, 1.82) is 0 Å². The SMILES string of the molecule is c1ccc(-c2[nH]nc(-n3ccc4c5c(ccc43)C(c3ccccc3)(c3ccccc3)c3ccccc3-5)[n+]2-c2ccccc2)cc1. The molecular formula is C41H29N4+. The summed E-state index contributed by atoms with van der Waals surface area (Å²) in [4.78, 5) is 0. The third-order valence-corrected chi connectivity index (χ3v) is 9.25. The molecule has 1 aliphatic rings. The van der Waals surface area contributed by atoms with E-state index in [1.807, 2.05) is 12.1 Å². The average Bonchev–Trinajstić information content (AvgIpc) is 3.83. The molecule has 0 amide bonds. The number of aromatic amines is 1. The molecule has 0 unspecified atom stereocenters. The smallest absolute Gasteiger partial charge is 0.220 e. The Kier molecular flexibility index (Phi) is 5.69. The zero-order valence-corrected chi connectivity index (χ0v) is 24.5. The lowest BCUT2D eigenvalue weighted by molar-refractivity contribution is -0.578. The van der Waals surface area contributed by atoms with E-state index in [-0.39, 0.29) is 0 Å². The van der Waals surface area contributed by atoms with Gasteiger partial charge in [-0.15, -0.1) is 0 Å². The molecule has 2 aromatic heterocycles. The van der Waals surface area contributed by atoms with Crippen LogP contribution in [0.3, 0.4) is 0 Å². The molecule has 45 heavy (non-hydrogen) atoms. The van der Waals surface area contributed by atoms with E-state index in [2.05, 4.69) is 172 Å². The van der Waals surface area contributed by atoms with Crippen LogP contribution in [0.15, 0.2) is 170 Å². The summed E-state index contributed by atoms with van der Waals surface area (Å²) in [5.41, 5.74) is 10.5. The highest BCUT2D eigenvalue weighted by Crippen LogP contribution is 2.57. The van der Waals surface area contributed by atoms with Crippen LogP contribution in [0.2, 0.25) is 0 Å². The first-order valence-electron chi connectivity index (χ1n) is 15.3. The number of benzene rings is 6. The van der Waals surface area contributed by atoms with E-state index in [1.54, 1.807) is 0 Å². The highest BCUT2D eigenvalue weighted by molar-refractivity contribution is 6.03. The van der Waals surface area contributed by atoms with Crippen molar-refractivity contribution in [3.05, 3.63) is 192 Å². The molecule has 0 saturated carbocycles. The van der Waals surface area contributed by atoms with E-state index in [9.17, 15) is 0 Å². The summed E-state index contributed by atoms with van der Waals surface area (Å²) in [7, 11) is 0. The van der Waals surface area contributed by atoms with Crippen LogP contribution in [0.1, 0.15) is 22.3 Å². The number of nitrogens with one attached hydrogen (secondary N) is 1. The minimum atomic E-state index is -0.429. The van der Waals surface area contributed by atoms with Gasteiger partial charge >= 0.3 is 5.95 Å². The topological polar surface area (TPSA) is 37.5 Å². The molecule has 6 aromatic carbocycles. The maximum absolute atomic E-state index is 4.92. The number of nitrogens with zero attached hydrogens (tertiary/aromatic N) is 3. The number of H-pyrrole nitrogens is 1. The Labute approximate surface area is 261 Å². The number of aromatic nitrogens is 4. The van der Waals surface area contributed by atoms with Gasteiger partial charge < -0.3 is 0 Å². The predicted molar refractivity (Wildman–Crippen MR) is 180 cm³/mol. The third kappa shape index (κ3) is 3.66. The summed E-state index contributed by atoms with van der Waals surface area (Å²) >= 11 is 0. The quantitative estimate of drug-likeness (QED) is 0.204. The van der Waals surface area contributed by atoms with E-state index in [0.717, 1.165) is 28.5 Å². The first-order valence-corrected chi connectivity index (χ1v) is 15.3. The van der Waals surface area contributed by atoms with Crippen molar-refractivity contribution in [3.63, 3.8) is 0 Å². The molecule has 0 aliphatic heterocycles. The van der Waals surface area contributed by atoms with Crippen LogP contribution in [-0.2, 0) is 5.41 Å². The summed E-state index contributed by atoms with van der Waals surface area (Å²) in [6.45, 7) is 0. The summed E-state index contributed by atoms with van der Waals surface area (Å²) in [5, 5.41) is 9.49. The van der Waals surface area contributed by atoms with Crippen LogP contribution in [0.4, 0.5) is 0 Å². The minimum absolute atomic E-state index is 0.429. The second-order valence-corrected chi connectivity index (χ2v) is 11.5. The van der Waals surface area contributed by atoms with Crippen LogP contribution >= 0.6 is 0 Å². The first-order chi connectivity index (χ1) is 22.4. The molecule has 1 aliphatic carbocycles. The average molecular weight is 578 g/mol. The van der Waals surface area contributed by atoms with Crippen molar-refractivity contribution in [2.24, 2.45) is 0 Å². The van der Waals surface area contributed by atoms with Crippen LogP contribution in [-0.4, -0.2) is 14.8 Å². The molecule has 2 heterocycles. The van der Waals surface area contributed by atoms with Gasteiger partial charge in [0.2, 0.25) is 5.82 Å². The van der Waals surface area contributed by atoms with Gasteiger partial charge in [0.25, 0.3) is 0 Å². The molecule has 0 spiro atoms.